The average molecular weight is 424 g/mol. The molecule has 0 radical (unpaired) electrons. The van der Waals surface area contributed by atoms with Crippen molar-refractivity contribution in [1.82, 2.24) is 14.9 Å². The lowest BCUT2D eigenvalue weighted by Gasteiger charge is -2.30. The molecule has 1 aromatic rings. The largest absolute Gasteiger partial charge is 0.350 e. The molecule has 29 heavy (non-hydrogen) atoms. The number of carbonyl (C=O) groups is 2. The van der Waals surface area contributed by atoms with Crippen LogP contribution in [0.25, 0.3) is 0 Å². The lowest BCUT2D eigenvalue weighted by atomic mass is 9.96. The summed E-state index contributed by atoms with van der Waals surface area (Å²) >= 11 is 0. The molecule has 1 aliphatic rings. The molecular weight excluding hydrogens is 390 g/mol. The van der Waals surface area contributed by atoms with E-state index in [1.54, 1.807) is 26.1 Å². The summed E-state index contributed by atoms with van der Waals surface area (Å²) < 4.78 is 27.5. The van der Waals surface area contributed by atoms with Crippen LogP contribution < -0.4 is 10.6 Å². The highest BCUT2D eigenvalue weighted by Gasteiger charge is 2.29. The molecule has 1 aliphatic carbocycles. The summed E-state index contributed by atoms with van der Waals surface area (Å²) in [6.07, 6.45) is 4.91. The summed E-state index contributed by atoms with van der Waals surface area (Å²) in [6.45, 7) is 7.17. The lowest BCUT2D eigenvalue weighted by Crippen LogP contribution is -2.50. The Balaban J connectivity index is 2.13. The Morgan fingerprint density at radius 3 is 2.34 bits per heavy atom. The standard InChI is InChI=1S/C21H33N3O4S/c1-15(19(25)23-21(2,3)4)22-20(26)16-10-9-13-18(14-16)29(27,28)24(5)17-11-7-6-8-12-17/h9-10,13-15,17H,6-8,11-12H2,1-5H3,(H,22,26)(H,23,25). The van der Waals surface area contributed by atoms with Crippen molar-refractivity contribution < 1.29 is 18.0 Å². The third-order valence-corrected chi connectivity index (χ3v) is 7.01. The summed E-state index contributed by atoms with van der Waals surface area (Å²) in [6, 6.07) is 5.22. The van der Waals surface area contributed by atoms with Crippen molar-refractivity contribution in [3.8, 4) is 0 Å². The van der Waals surface area contributed by atoms with E-state index in [2.05, 4.69) is 10.6 Å². The van der Waals surface area contributed by atoms with Crippen molar-refractivity contribution in [3.05, 3.63) is 29.8 Å². The molecule has 1 fully saturated rings. The van der Waals surface area contributed by atoms with Crippen molar-refractivity contribution in [2.24, 2.45) is 0 Å². The number of carbonyl (C=O) groups excluding carboxylic acids is 2. The molecular formula is C21H33N3O4S. The number of rotatable bonds is 6. The van der Waals surface area contributed by atoms with Crippen LogP contribution in [0.5, 0.6) is 0 Å². The smallest absolute Gasteiger partial charge is 0.251 e. The van der Waals surface area contributed by atoms with E-state index in [4.69, 9.17) is 0 Å². The normalized spacial score (nSPS) is 17.0. The maximum Gasteiger partial charge on any atom is 0.251 e. The van der Waals surface area contributed by atoms with Gasteiger partial charge in [0.05, 0.1) is 4.90 Å². The molecule has 1 atom stereocenters. The average Bonchev–Trinajstić information content (AvgIpc) is 2.66. The first-order chi connectivity index (χ1) is 13.4. The van der Waals surface area contributed by atoms with Crippen molar-refractivity contribution in [2.75, 3.05) is 7.05 Å². The minimum Gasteiger partial charge on any atom is -0.350 e. The fourth-order valence-corrected chi connectivity index (χ4v) is 4.89. The van der Waals surface area contributed by atoms with E-state index in [9.17, 15) is 18.0 Å². The van der Waals surface area contributed by atoms with E-state index in [1.165, 1.54) is 16.4 Å². The summed E-state index contributed by atoms with van der Waals surface area (Å²) in [4.78, 5) is 24.9. The summed E-state index contributed by atoms with van der Waals surface area (Å²) in [5.74, 6) is -0.786. The maximum atomic E-state index is 13.0. The molecule has 0 saturated heterocycles. The van der Waals surface area contributed by atoms with Gasteiger partial charge in [0.25, 0.3) is 5.91 Å². The van der Waals surface area contributed by atoms with Crippen molar-refractivity contribution in [1.29, 1.82) is 0 Å². The molecule has 1 unspecified atom stereocenters. The summed E-state index contributed by atoms with van der Waals surface area (Å²) in [7, 11) is -2.08. The van der Waals surface area contributed by atoms with Gasteiger partial charge >= 0.3 is 0 Å². The first-order valence-electron chi connectivity index (χ1n) is 10.1. The number of amides is 2. The Hall–Kier alpha value is -1.93. The van der Waals surface area contributed by atoms with Gasteiger partial charge in [-0.05, 0) is 58.7 Å². The van der Waals surface area contributed by atoms with Crippen molar-refractivity contribution >= 4 is 21.8 Å². The first kappa shape index (κ1) is 23.3. The molecule has 0 bridgehead atoms. The van der Waals surface area contributed by atoms with Gasteiger partial charge < -0.3 is 10.6 Å². The van der Waals surface area contributed by atoms with Gasteiger partial charge in [-0.15, -0.1) is 0 Å². The van der Waals surface area contributed by atoms with Crippen LogP contribution in [0.2, 0.25) is 0 Å². The van der Waals surface area contributed by atoms with Crippen LogP contribution in [0.15, 0.2) is 29.2 Å². The maximum absolute atomic E-state index is 13.0. The van der Waals surface area contributed by atoms with Gasteiger partial charge in [-0.25, -0.2) is 8.42 Å². The molecule has 0 heterocycles. The second-order valence-corrected chi connectivity index (χ2v) is 10.8. The third-order valence-electron chi connectivity index (χ3n) is 5.10. The predicted octanol–water partition coefficient (Wildman–Crippen LogP) is 2.67. The van der Waals surface area contributed by atoms with Crippen molar-refractivity contribution in [2.45, 2.75) is 82.3 Å². The van der Waals surface area contributed by atoms with Gasteiger partial charge in [0.2, 0.25) is 15.9 Å². The number of hydrogen-bond donors (Lipinski definition) is 2. The van der Waals surface area contributed by atoms with Gasteiger partial charge in [-0.3, -0.25) is 9.59 Å². The summed E-state index contributed by atoms with van der Waals surface area (Å²) in [5.41, 5.74) is -0.202. The van der Waals surface area contributed by atoms with Crippen LogP contribution in [0.1, 0.15) is 70.2 Å². The quantitative estimate of drug-likeness (QED) is 0.735. The zero-order valence-electron chi connectivity index (χ0n) is 18.0. The Kier molecular flexibility index (Phi) is 7.45. The Morgan fingerprint density at radius 2 is 1.76 bits per heavy atom. The minimum atomic E-state index is -3.69. The van der Waals surface area contributed by atoms with Gasteiger partial charge in [-0.2, -0.15) is 4.31 Å². The van der Waals surface area contributed by atoms with Crippen LogP contribution in [0, 0.1) is 0 Å². The van der Waals surface area contributed by atoms with E-state index in [1.807, 2.05) is 20.8 Å². The molecule has 0 spiro atoms. The van der Waals surface area contributed by atoms with E-state index in [-0.39, 0.29) is 22.4 Å². The monoisotopic (exact) mass is 423 g/mol. The molecule has 1 aromatic carbocycles. The number of nitrogens with zero attached hydrogens (tertiary/aromatic N) is 1. The Bertz CT molecular complexity index is 840. The Labute approximate surface area is 174 Å². The second kappa shape index (κ2) is 9.26. The number of benzene rings is 1. The molecule has 2 N–H and O–H groups in total. The van der Waals surface area contributed by atoms with Crippen molar-refractivity contribution in [3.63, 3.8) is 0 Å². The lowest BCUT2D eigenvalue weighted by molar-refractivity contribution is -0.124. The van der Waals surface area contributed by atoms with Crippen LogP contribution in [0.4, 0.5) is 0 Å². The SMILES string of the molecule is CC(NC(=O)c1cccc(S(=O)(=O)N(C)C2CCCCC2)c1)C(=O)NC(C)(C)C. The fraction of sp³-hybridized carbons (Fsp3) is 0.619. The molecule has 0 aromatic heterocycles. The topological polar surface area (TPSA) is 95.6 Å². The minimum absolute atomic E-state index is 0.00708. The van der Waals surface area contributed by atoms with E-state index < -0.39 is 27.5 Å². The predicted molar refractivity (Wildman–Crippen MR) is 113 cm³/mol. The van der Waals surface area contributed by atoms with Gasteiger partial charge in [0.1, 0.15) is 6.04 Å². The molecule has 2 amide bonds. The number of sulfonamides is 1. The first-order valence-corrected chi connectivity index (χ1v) is 11.6. The highest BCUT2D eigenvalue weighted by atomic mass is 32.2. The number of nitrogens with one attached hydrogen (secondary N) is 2. The van der Waals surface area contributed by atoms with E-state index >= 15 is 0 Å². The highest BCUT2D eigenvalue weighted by molar-refractivity contribution is 7.89. The molecule has 162 valence electrons. The van der Waals surface area contributed by atoms with E-state index in [0.29, 0.717) is 0 Å². The Morgan fingerprint density at radius 1 is 1.14 bits per heavy atom. The summed E-state index contributed by atoms with van der Waals surface area (Å²) in [5, 5.41) is 5.44. The molecule has 0 aliphatic heterocycles. The van der Waals surface area contributed by atoms with E-state index in [0.717, 1.165) is 32.1 Å². The van der Waals surface area contributed by atoms with Crippen LogP contribution in [-0.4, -0.2) is 49.2 Å². The molecule has 1 saturated carbocycles. The van der Waals surface area contributed by atoms with Crippen LogP contribution in [0.3, 0.4) is 0 Å². The molecule has 7 nitrogen and oxygen atoms in total. The fourth-order valence-electron chi connectivity index (χ4n) is 3.43. The molecule has 8 heteroatoms. The zero-order valence-corrected chi connectivity index (χ0v) is 18.8. The van der Waals surface area contributed by atoms with Gasteiger partial charge in [0.15, 0.2) is 0 Å². The third kappa shape index (κ3) is 6.27. The highest BCUT2D eigenvalue weighted by Crippen LogP contribution is 2.26. The second-order valence-electron chi connectivity index (χ2n) is 8.78. The van der Waals surface area contributed by atoms with Gasteiger partial charge in [0, 0.05) is 24.2 Å². The number of hydrogen-bond acceptors (Lipinski definition) is 4. The van der Waals surface area contributed by atoms with Crippen LogP contribution in [-0.2, 0) is 14.8 Å². The van der Waals surface area contributed by atoms with Gasteiger partial charge in [-0.1, -0.05) is 25.3 Å². The molecule has 2 rings (SSSR count). The zero-order chi connectivity index (χ0) is 21.8. The van der Waals surface area contributed by atoms with Crippen LogP contribution >= 0.6 is 0 Å².